The van der Waals surface area contributed by atoms with Crippen molar-refractivity contribution in [2.24, 2.45) is 0 Å². The lowest BCUT2D eigenvalue weighted by molar-refractivity contribution is 0.124. The van der Waals surface area contributed by atoms with E-state index >= 15 is 0 Å². The predicted octanol–water partition coefficient (Wildman–Crippen LogP) is 5.28. The van der Waals surface area contributed by atoms with Crippen LogP contribution >= 0.6 is 0 Å². The molecule has 2 atom stereocenters. The fraction of sp³-hybridized carbons (Fsp3) is 0.542. The predicted molar refractivity (Wildman–Crippen MR) is 125 cm³/mol. The number of hydrogen-bond donors (Lipinski definition) is 3. The number of aliphatic hydroxyl groups is 1. The SMILES string of the molecule is Cc1cc(-c2nnc(NC3CCCC(O)C3)o2)nc2c(C(C)(C)C)cc(NCC(F)F)cc12. The van der Waals surface area contributed by atoms with Gasteiger partial charge in [0, 0.05) is 17.1 Å². The molecule has 3 aromatic rings. The van der Waals surface area contributed by atoms with Crippen LogP contribution in [0.5, 0.6) is 0 Å². The molecule has 1 aliphatic rings. The number of hydrogen-bond acceptors (Lipinski definition) is 7. The fourth-order valence-electron chi connectivity index (χ4n) is 4.32. The van der Waals surface area contributed by atoms with Crippen LogP contribution in [0.15, 0.2) is 22.6 Å². The maximum atomic E-state index is 12.7. The highest BCUT2D eigenvalue weighted by Gasteiger charge is 2.24. The van der Waals surface area contributed by atoms with Crippen LogP contribution in [0.1, 0.15) is 57.6 Å². The van der Waals surface area contributed by atoms with E-state index in [4.69, 9.17) is 9.40 Å². The summed E-state index contributed by atoms with van der Waals surface area (Å²) in [6.45, 7) is 7.74. The number of alkyl halides is 2. The van der Waals surface area contributed by atoms with Gasteiger partial charge in [0.05, 0.1) is 18.2 Å². The van der Waals surface area contributed by atoms with E-state index in [1.54, 1.807) is 0 Å². The quantitative estimate of drug-likeness (QED) is 0.461. The van der Waals surface area contributed by atoms with Crippen molar-refractivity contribution in [1.82, 2.24) is 15.2 Å². The Morgan fingerprint density at radius 2 is 1.97 bits per heavy atom. The van der Waals surface area contributed by atoms with Crippen molar-refractivity contribution in [2.45, 2.75) is 77.4 Å². The van der Waals surface area contributed by atoms with Crippen molar-refractivity contribution >= 4 is 22.6 Å². The standard InChI is InChI=1S/C24H31F2N5O2/c1-13-8-19(22-30-31-23(33-22)28-14-6-5-7-16(32)9-14)29-21-17(13)10-15(27-12-20(25)26)11-18(21)24(2,3)4/h8,10-11,14,16,20,27,32H,5-7,9,12H2,1-4H3,(H,28,31). The minimum atomic E-state index is -2.43. The fourth-order valence-corrected chi connectivity index (χ4v) is 4.32. The van der Waals surface area contributed by atoms with E-state index in [1.165, 1.54) is 0 Å². The average Bonchev–Trinajstić information content (AvgIpc) is 3.19. The van der Waals surface area contributed by atoms with Gasteiger partial charge in [-0.2, -0.15) is 0 Å². The minimum absolute atomic E-state index is 0.0972. The lowest BCUT2D eigenvalue weighted by Gasteiger charge is -2.25. The number of benzene rings is 1. The van der Waals surface area contributed by atoms with Crippen molar-refractivity contribution in [1.29, 1.82) is 0 Å². The first kappa shape index (κ1) is 23.4. The number of aromatic nitrogens is 3. The smallest absolute Gasteiger partial charge is 0.316 e. The summed E-state index contributed by atoms with van der Waals surface area (Å²) in [5.41, 5.74) is 3.60. The van der Waals surface area contributed by atoms with Gasteiger partial charge in [0.15, 0.2) is 0 Å². The molecule has 0 spiro atoms. The number of halogens is 2. The molecule has 9 heteroatoms. The zero-order valence-corrected chi connectivity index (χ0v) is 19.5. The molecule has 0 radical (unpaired) electrons. The largest absolute Gasteiger partial charge is 0.402 e. The third kappa shape index (κ3) is 5.40. The van der Waals surface area contributed by atoms with Crippen LogP contribution in [-0.2, 0) is 5.41 Å². The summed E-state index contributed by atoms with van der Waals surface area (Å²) in [5.74, 6) is 0.304. The van der Waals surface area contributed by atoms with Crippen LogP contribution in [0.3, 0.4) is 0 Å². The highest BCUT2D eigenvalue weighted by molar-refractivity contribution is 5.90. The molecule has 2 heterocycles. The molecule has 4 rings (SSSR count). The number of aryl methyl sites for hydroxylation is 1. The van der Waals surface area contributed by atoms with Gasteiger partial charge in [0.2, 0.25) is 0 Å². The van der Waals surface area contributed by atoms with Gasteiger partial charge in [-0.25, -0.2) is 13.8 Å². The molecule has 1 fully saturated rings. The van der Waals surface area contributed by atoms with Crippen LogP contribution in [0.25, 0.3) is 22.5 Å². The zero-order valence-electron chi connectivity index (χ0n) is 19.5. The Morgan fingerprint density at radius 3 is 2.67 bits per heavy atom. The molecule has 2 aromatic heterocycles. The van der Waals surface area contributed by atoms with Gasteiger partial charge < -0.3 is 20.2 Å². The summed E-state index contributed by atoms with van der Waals surface area (Å²) in [7, 11) is 0. The topological polar surface area (TPSA) is 96.1 Å². The Morgan fingerprint density at radius 1 is 1.18 bits per heavy atom. The van der Waals surface area contributed by atoms with Gasteiger partial charge in [-0.3, -0.25) is 0 Å². The molecule has 3 N–H and O–H groups in total. The Bertz CT molecular complexity index is 1130. The highest BCUT2D eigenvalue weighted by atomic mass is 19.3. The lowest BCUT2D eigenvalue weighted by Crippen LogP contribution is -2.29. The number of fused-ring (bicyclic) bond motifs is 1. The first-order valence-electron chi connectivity index (χ1n) is 11.4. The maximum absolute atomic E-state index is 12.7. The monoisotopic (exact) mass is 459 g/mol. The third-order valence-electron chi connectivity index (χ3n) is 6.01. The van der Waals surface area contributed by atoms with Crippen LogP contribution < -0.4 is 10.6 Å². The molecular formula is C24H31F2N5O2. The number of nitrogens with zero attached hydrogens (tertiary/aromatic N) is 3. The molecule has 33 heavy (non-hydrogen) atoms. The van der Waals surface area contributed by atoms with Gasteiger partial charge in [-0.05, 0) is 67.3 Å². The zero-order chi connectivity index (χ0) is 23.8. The summed E-state index contributed by atoms with van der Waals surface area (Å²) in [6, 6.07) is 6.02. The summed E-state index contributed by atoms with van der Waals surface area (Å²) in [6.07, 6.45) is 0.635. The second-order valence-electron chi connectivity index (χ2n) is 9.84. The van der Waals surface area contributed by atoms with E-state index < -0.39 is 13.0 Å². The van der Waals surface area contributed by atoms with Gasteiger partial charge in [0.1, 0.15) is 5.69 Å². The van der Waals surface area contributed by atoms with Crippen molar-refractivity contribution in [3.63, 3.8) is 0 Å². The third-order valence-corrected chi connectivity index (χ3v) is 6.01. The average molecular weight is 460 g/mol. The first-order chi connectivity index (χ1) is 15.6. The number of anilines is 2. The molecule has 1 aromatic carbocycles. The van der Waals surface area contributed by atoms with Gasteiger partial charge in [0.25, 0.3) is 12.3 Å². The van der Waals surface area contributed by atoms with Gasteiger partial charge in [-0.15, -0.1) is 5.10 Å². The molecule has 2 unspecified atom stereocenters. The molecule has 0 aliphatic heterocycles. The van der Waals surface area contributed by atoms with Crippen molar-refractivity contribution in [2.75, 3.05) is 17.2 Å². The van der Waals surface area contributed by atoms with E-state index in [2.05, 4.69) is 41.6 Å². The highest BCUT2D eigenvalue weighted by Crippen LogP contribution is 2.35. The summed E-state index contributed by atoms with van der Waals surface area (Å²) in [4.78, 5) is 4.84. The second kappa shape index (κ2) is 9.21. The molecule has 0 amide bonds. The molecular weight excluding hydrogens is 428 g/mol. The van der Waals surface area contributed by atoms with E-state index in [9.17, 15) is 13.9 Å². The lowest BCUT2D eigenvalue weighted by atomic mass is 9.84. The van der Waals surface area contributed by atoms with Crippen molar-refractivity contribution < 1.29 is 18.3 Å². The summed E-state index contributed by atoms with van der Waals surface area (Å²) >= 11 is 0. The van der Waals surface area contributed by atoms with Gasteiger partial charge in [-0.1, -0.05) is 25.9 Å². The van der Waals surface area contributed by atoms with Crippen LogP contribution in [0.4, 0.5) is 20.5 Å². The maximum Gasteiger partial charge on any atom is 0.316 e. The van der Waals surface area contributed by atoms with Crippen LogP contribution in [0.2, 0.25) is 0 Å². The van der Waals surface area contributed by atoms with Crippen LogP contribution in [-0.4, -0.2) is 45.4 Å². The summed E-state index contributed by atoms with van der Waals surface area (Å²) in [5, 5.41) is 25.1. The summed E-state index contributed by atoms with van der Waals surface area (Å²) < 4.78 is 31.3. The van der Waals surface area contributed by atoms with E-state index in [0.29, 0.717) is 29.7 Å². The Balaban J connectivity index is 1.68. The first-order valence-corrected chi connectivity index (χ1v) is 11.4. The molecule has 1 aliphatic carbocycles. The van der Waals surface area contributed by atoms with E-state index in [1.807, 2.05) is 25.1 Å². The molecule has 1 saturated carbocycles. The number of rotatable bonds is 6. The Kier molecular flexibility index (Phi) is 6.52. The van der Waals surface area contributed by atoms with Crippen molar-refractivity contribution in [3.05, 3.63) is 29.3 Å². The van der Waals surface area contributed by atoms with E-state index in [-0.39, 0.29) is 17.6 Å². The number of nitrogens with one attached hydrogen (secondary N) is 2. The van der Waals surface area contributed by atoms with Crippen LogP contribution in [0, 0.1) is 6.92 Å². The molecule has 0 bridgehead atoms. The second-order valence-corrected chi connectivity index (χ2v) is 9.84. The van der Waals surface area contributed by atoms with Gasteiger partial charge >= 0.3 is 6.01 Å². The normalized spacial score (nSPS) is 19.3. The minimum Gasteiger partial charge on any atom is -0.402 e. The number of pyridine rings is 1. The Hall–Kier alpha value is -2.81. The Labute approximate surface area is 192 Å². The molecule has 7 nitrogen and oxygen atoms in total. The number of aliphatic hydroxyl groups excluding tert-OH is 1. The van der Waals surface area contributed by atoms with Crippen molar-refractivity contribution in [3.8, 4) is 11.6 Å². The van der Waals surface area contributed by atoms with E-state index in [0.717, 1.165) is 41.3 Å². The molecule has 178 valence electrons. The molecule has 0 saturated heterocycles.